The number of anilines is 1. The molecular formula is C23H23N7O. The van der Waals surface area contributed by atoms with Gasteiger partial charge in [-0.15, -0.1) is 0 Å². The first kappa shape index (κ1) is 20.3. The summed E-state index contributed by atoms with van der Waals surface area (Å²) in [6.45, 7) is 6.43. The predicted molar refractivity (Wildman–Crippen MR) is 120 cm³/mol. The number of aryl methyl sites for hydroxylation is 2. The van der Waals surface area contributed by atoms with E-state index in [0.717, 1.165) is 33.4 Å². The molecule has 3 N–H and O–H groups in total. The Balaban J connectivity index is 1.58. The van der Waals surface area contributed by atoms with Crippen LogP contribution in [0.2, 0.25) is 0 Å². The zero-order valence-corrected chi connectivity index (χ0v) is 17.6. The lowest BCUT2D eigenvalue weighted by Crippen LogP contribution is -2.14. The van der Waals surface area contributed by atoms with E-state index in [1.54, 1.807) is 18.5 Å². The van der Waals surface area contributed by atoms with Crippen molar-refractivity contribution in [2.45, 2.75) is 26.7 Å². The van der Waals surface area contributed by atoms with Crippen LogP contribution in [-0.2, 0) is 0 Å². The molecule has 4 rings (SSSR count). The maximum absolute atomic E-state index is 11.9. The van der Waals surface area contributed by atoms with E-state index in [0.29, 0.717) is 23.8 Å². The first-order valence-electron chi connectivity index (χ1n) is 9.97. The number of primary amides is 1. The standard InChI is InChI=1S/C23H23N7O/c1-13(17-5-4-6-18-19(23(24)31)7-14(2)30-22(17)18)9-27-21-8-20(28-12-29-21)16-10-25-15(3)26-11-16/h4-8,10-13H,9H2,1-3H3,(H2,24,31)(H,27,28,29). The topological polar surface area (TPSA) is 120 Å². The second kappa shape index (κ2) is 8.43. The van der Waals surface area contributed by atoms with Crippen molar-refractivity contribution >= 4 is 22.6 Å². The summed E-state index contributed by atoms with van der Waals surface area (Å²) in [6, 6.07) is 9.44. The lowest BCUT2D eigenvalue weighted by atomic mass is 9.95. The number of nitrogens with one attached hydrogen (secondary N) is 1. The predicted octanol–water partition coefficient (Wildman–Crippen LogP) is 3.41. The number of nitrogens with zero attached hydrogens (tertiary/aromatic N) is 5. The van der Waals surface area contributed by atoms with Crippen molar-refractivity contribution in [1.82, 2.24) is 24.9 Å². The monoisotopic (exact) mass is 413 g/mol. The fourth-order valence-corrected chi connectivity index (χ4v) is 3.50. The minimum Gasteiger partial charge on any atom is -0.369 e. The molecule has 0 fully saturated rings. The first-order chi connectivity index (χ1) is 14.9. The number of hydrogen-bond acceptors (Lipinski definition) is 7. The Hall–Kier alpha value is -3.94. The van der Waals surface area contributed by atoms with Crippen LogP contribution in [0.1, 0.15) is 40.3 Å². The highest BCUT2D eigenvalue weighted by molar-refractivity contribution is 6.06. The molecule has 8 nitrogen and oxygen atoms in total. The summed E-state index contributed by atoms with van der Waals surface area (Å²) in [5.74, 6) is 1.08. The summed E-state index contributed by atoms with van der Waals surface area (Å²) < 4.78 is 0. The maximum Gasteiger partial charge on any atom is 0.249 e. The SMILES string of the molecule is Cc1cc(C(N)=O)c2cccc(C(C)CNc3cc(-c4cnc(C)nc4)ncn3)c2n1. The van der Waals surface area contributed by atoms with E-state index >= 15 is 0 Å². The van der Waals surface area contributed by atoms with Crippen molar-refractivity contribution in [1.29, 1.82) is 0 Å². The molecule has 0 saturated carbocycles. The molecule has 3 heterocycles. The van der Waals surface area contributed by atoms with Gasteiger partial charge in [-0.25, -0.2) is 19.9 Å². The fraction of sp³-hybridized carbons (Fsp3) is 0.217. The molecule has 1 atom stereocenters. The average molecular weight is 413 g/mol. The molecule has 4 aromatic rings. The molecule has 0 radical (unpaired) electrons. The van der Waals surface area contributed by atoms with Gasteiger partial charge in [0.25, 0.3) is 0 Å². The van der Waals surface area contributed by atoms with Gasteiger partial charge in [-0.2, -0.15) is 0 Å². The van der Waals surface area contributed by atoms with Gasteiger partial charge in [-0.3, -0.25) is 9.78 Å². The van der Waals surface area contributed by atoms with Gasteiger partial charge in [-0.1, -0.05) is 25.1 Å². The molecule has 1 amide bonds. The van der Waals surface area contributed by atoms with Gasteiger partial charge < -0.3 is 11.1 Å². The molecule has 31 heavy (non-hydrogen) atoms. The van der Waals surface area contributed by atoms with Gasteiger partial charge >= 0.3 is 0 Å². The zero-order valence-electron chi connectivity index (χ0n) is 17.6. The second-order valence-electron chi connectivity index (χ2n) is 7.51. The molecule has 0 aliphatic rings. The minimum atomic E-state index is -0.452. The summed E-state index contributed by atoms with van der Waals surface area (Å²) >= 11 is 0. The number of hydrogen-bond donors (Lipinski definition) is 2. The maximum atomic E-state index is 11.9. The molecule has 1 unspecified atom stereocenters. The Kier molecular flexibility index (Phi) is 5.53. The second-order valence-corrected chi connectivity index (χ2v) is 7.51. The number of rotatable bonds is 6. The number of aromatic nitrogens is 5. The summed E-state index contributed by atoms with van der Waals surface area (Å²) in [7, 11) is 0. The quantitative estimate of drug-likeness (QED) is 0.497. The van der Waals surface area contributed by atoms with Crippen molar-refractivity contribution in [3.63, 3.8) is 0 Å². The number of amides is 1. The lowest BCUT2D eigenvalue weighted by molar-refractivity contribution is 0.100. The van der Waals surface area contributed by atoms with E-state index in [1.165, 1.54) is 6.33 Å². The van der Waals surface area contributed by atoms with Crippen LogP contribution in [0.3, 0.4) is 0 Å². The molecule has 1 aromatic carbocycles. The molecule has 3 aromatic heterocycles. The largest absolute Gasteiger partial charge is 0.369 e. The highest BCUT2D eigenvalue weighted by Gasteiger charge is 2.15. The van der Waals surface area contributed by atoms with Crippen molar-refractivity contribution < 1.29 is 4.79 Å². The summed E-state index contributed by atoms with van der Waals surface area (Å²) in [4.78, 5) is 33.7. The Morgan fingerprint density at radius 1 is 1.10 bits per heavy atom. The lowest BCUT2D eigenvalue weighted by Gasteiger charge is -2.17. The summed E-state index contributed by atoms with van der Waals surface area (Å²) in [6.07, 6.45) is 5.01. The molecule has 0 bridgehead atoms. The van der Waals surface area contributed by atoms with Crippen LogP contribution in [0.4, 0.5) is 5.82 Å². The average Bonchev–Trinajstić information content (AvgIpc) is 2.77. The van der Waals surface area contributed by atoms with E-state index in [-0.39, 0.29) is 5.92 Å². The van der Waals surface area contributed by atoms with Crippen LogP contribution in [0.15, 0.2) is 49.1 Å². The van der Waals surface area contributed by atoms with Gasteiger partial charge in [-0.05, 0) is 25.5 Å². The first-order valence-corrected chi connectivity index (χ1v) is 9.97. The van der Waals surface area contributed by atoms with Crippen LogP contribution >= 0.6 is 0 Å². The van der Waals surface area contributed by atoms with E-state index in [2.05, 4.69) is 37.2 Å². The number of carbonyl (C=O) groups is 1. The van der Waals surface area contributed by atoms with Crippen molar-refractivity contribution in [2.24, 2.45) is 5.73 Å². The number of carbonyl (C=O) groups excluding carboxylic acids is 1. The normalized spacial score (nSPS) is 12.0. The number of fused-ring (bicyclic) bond motifs is 1. The third kappa shape index (κ3) is 4.32. The summed E-state index contributed by atoms with van der Waals surface area (Å²) in [5, 5.41) is 4.14. The van der Waals surface area contributed by atoms with Crippen LogP contribution in [0.5, 0.6) is 0 Å². The molecule has 156 valence electrons. The van der Waals surface area contributed by atoms with E-state index in [4.69, 9.17) is 5.73 Å². The smallest absolute Gasteiger partial charge is 0.249 e. The number of benzene rings is 1. The van der Waals surface area contributed by atoms with Crippen molar-refractivity contribution in [3.8, 4) is 11.3 Å². The molecule has 0 aliphatic carbocycles. The molecular weight excluding hydrogens is 390 g/mol. The van der Waals surface area contributed by atoms with Crippen LogP contribution in [0.25, 0.3) is 22.2 Å². The van der Waals surface area contributed by atoms with Crippen LogP contribution in [-0.4, -0.2) is 37.4 Å². The Morgan fingerprint density at radius 3 is 2.61 bits per heavy atom. The minimum absolute atomic E-state index is 0.111. The Labute approximate surface area is 180 Å². The van der Waals surface area contributed by atoms with Gasteiger partial charge in [0, 0.05) is 47.6 Å². The van der Waals surface area contributed by atoms with Gasteiger partial charge in [0.15, 0.2) is 0 Å². The highest BCUT2D eigenvalue weighted by Crippen LogP contribution is 2.27. The summed E-state index contributed by atoms with van der Waals surface area (Å²) in [5.41, 5.74) is 10.2. The Bertz CT molecular complexity index is 1250. The zero-order chi connectivity index (χ0) is 22.0. The fourth-order valence-electron chi connectivity index (χ4n) is 3.50. The van der Waals surface area contributed by atoms with Crippen LogP contribution < -0.4 is 11.1 Å². The van der Waals surface area contributed by atoms with Gasteiger partial charge in [0.05, 0.1) is 16.8 Å². The number of pyridine rings is 1. The van der Waals surface area contributed by atoms with E-state index in [1.807, 2.05) is 38.1 Å². The van der Waals surface area contributed by atoms with Crippen molar-refractivity contribution in [3.05, 3.63) is 71.7 Å². The molecule has 0 spiro atoms. The highest BCUT2D eigenvalue weighted by atomic mass is 16.1. The third-order valence-electron chi connectivity index (χ3n) is 5.13. The number of para-hydroxylation sites is 1. The van der Waals surface area contributed by atoms with E-state index < -0.39 is 5.91 Å². The molecule has 8 heteroatoms. The number of nitrogens with two attached hydrogens (primary N) is 1. The van der Waals surface area contributed by atoms with Crippen LogP contribution in [0, 0.1) is 13.8 Å². The van der Waals surface area contributed by atoms with Gasteiger partial charge in [0.2, 0.25) is 5.91 Å². The molecule has 0 aliphatic heterocycles. The van der Waals surface area contributed by atoms with Crippen molar-refractivity contribution in [2.75, 3.05) is 11.9 Å². The molecule has 0 saturated heterocycles. The van der Waals surface area contributed by atoms with E-state index in [9.17, 15) is 4.79 Å². The third-order valence-corrected chi connectivity index (χ3v) is 5.13. The Morgan fingerprint density at radius 2 is 1.87 bits per heavy atom. The van der Waals surface area contributed by atoms with Gasteiger partial charge in [0.1, 0.15) is 18.0 Å².